The normalized spacial score (nSPS) is 12.3. The molecule has 192 valence electrons. The molecule has 0 unspecified atom stereocenters. The average molecular weight is 544 g/mol. The molecule has 0 saturated carbocycles. The topological polar surface area (TPSA) is 84.1 Å². The molecule has 6 nitrogen and oxygen atoms in total. The van der Waals surface area contributed by atoms with Gasteiger partial charge in [-0.2, -0.15) is 5.26 Å². The summed E-state index contributed by atoms with van der Waals surface area (Å²) in [6, 6.07) is 21.8. The van der Waals surface area contributed by atoms with Crippen molar-refractivity contribution in [3.63, 3.8) is 0 Å². The molecule has 8 heteroatoms. The highest BCUT2D eigenvalue weighted by Gasteiger charge is 2.18. The van der Waals surface area contributed by atoms with E-state index in [1.165, 1.54) is 4.57 Å². The molecule has 1 aromatic heterocycles. The number of ether oxygens (including phenoxy) is 1. The number of hydrogen-bond donors (Lipinski definition) is 1. The van der Waals surface area contributed by atoms with Crippen LogP contribution in [0, 0.1) is 25.2 Å². The van der Waals surface area contributed by atoms with Gasteiger partial charge in [-0.1, -0.05) is 48.0 Å². The Hall–Kier alpha value is -4.12. The van der Waals surface area contributed by atoms with E-state index in [1.807, 2.05) is 70.2 Å². The number of benzene rings is 3. The lowest BCUT2D eigenvalue weighted by molar-refractivity contribution is -0.111. The number of carbonyl (C=O) groups excluding carboxylic acids is 1. The van der Waals surface area contributed by atoms with E-state index in [0.29, 0.717) is 26.7 Å². The largest absolute Gasteiger partial charge is 0.490 e. The van der Waals surface area contributed by atoms with Gasteiger partial charge in [-0.15, -0.1) is 11.3 Å². The van der Waals surface area contributed by atoms with Gasteiger partial charge in [0.1, 0.15) is 16.5 Å². The van der Waals surface area contributed by atoms with Crippen LogP contribution in [0.1, 0.15) is 30.5 Å². The van der Waals surface area contributed by atoms with Gasteiger partial charge in [-0.3, -0.25) is 14.2 Å². The van der Waals surface area contributed by atoms with Crippen molar-refractivity contribution in [3.8, 4) is 17.5 Å². The summed E-state index contributed by atoms with van der Waals surface area (Å²) < 4.78 is 7.92. The summed E-state index contributed by atoms with van der Waals surface area (Å²) in [6.45, 7) is 7.78. The molecule has 1 amide bonds. The Morgan fingerprint density at radius 1 is 1.08 bits per heavy atom. The molecular formula is C30H26ClN3O3S. The molecule has 0 atom stereocenters. The highest BCUT2D eigenvalue weighted by molar-refractivity contribution is 7.07. The first-order valence-electron chi connectivity index (χ1n) is 12.0. The SMILES string of the molecule is Cc1ccc(-n2c(=O)/c(=C\c3ccccc3OC(C)C)s/c2=C(/C#N)C(=O)Nc2ccccc2Cl)cc1C. The number of thiazole rings is 1. The zero-order valence-corrected chi connectivity index (χ0v) is 23.0. The van der Waals surface area contributed by atoms with Crippen molar-refractivity contribution in [1.82, 2.24) is 4.57 Å². The van der Waals surface area contributed by atoms with E-state index in [-0.39, 0.29) is 21.9 Å². The maximum absolute atomic E-state index is 13.8. The fourth-order valence-corrected chi connectivity index (χ4v) is 5.07. The van der Waals surface area contributed by atoms with Gasteiger partial charge in [-0.25, -0.2) is 0 Å². The number of rotatable bonds is 6. The summed E-state index contributed by atoms with van der Waals surface area (Å²) in [5.41, 5.74) is 3.15. The molecule has 0 aliphatic rings. The number of amides is 1. The number of nitrogens with zero attached hydrogens (tertiary/aromatic N) is 2. The highest BCUT2D eigenvalue weighted by atomic mass is 35.5. The van der Waals surface area contributed by atoms with Gasteiger partial charge in [0.2, 0.25) is 0 Å². The van der Waals surface area contributed by atoms with Gasteiger partial charge in [-0.05, 0) is 75.2 Å². The van der Waals surface area contributed by atoms with Crippen molar-refractivity contribution in [2.24, 2.45) is 0 Å². The molecule has 1 N–H and O–H groups in total. The Labute approximate surface area is 229 Å². The first-order valence-corrected chi connectivity index (χ1v) is 13.2. The second-order valence-corrected chi connectivity index (χ2v) is 10.4. The lowest BCUT2D eigenvalue weighted by atomic mass is 10.1. The van der Waals surface area contributed by atoms with Crippen LogP contribution in [-0.2, 0) is 4.79 Å². The molecule has 0 saturated heterocycles. The van der Waals surface area contributed by atoms with Crippen LogP contribution in [0.5, 0.6) is 5.75 Å². The standard InChI is InChI=1S/C30H26ClN3O3S/c1-18(2)37-26-12-8-5-9-21(26)16-27-29(36)34(22-14-13-19(3)20(4)15-22)30(38-27)23(17-32)28(35)33-25-11-7-6-10-24(25)31/h5-16,18H,1-4H3,(H,33,35)/b27-16+,30-23-. The first-order chi connectivity index (χ1) is 18.2. The Morgan fingerprint density at radius 2 is 1.79 bits per heavy atom. The third kappa shape index (κ3) is 5.72. The summed E-state index contributed by atoms with van der Waals surface area (Å²) in [4.78, 5) is 27.1. The average Bonchev–Trinajstić information content (AvgIpc) is 3.19. The molecule has 0 fully saturated rings. The monoisotopic (exact) mass is 543 g/mol. The van der Waals surface area contributed by atoms with Gasteiger partial charge in [0, 0.05) is 5.56 Å². The van der Waals surface area contributed by atoms with E-state index in [4.69, 9.17) is 16.3 Å². The molecule has 1 heterocycles. The minimum absolute atomic E-state index is 0.0531. The van der Waals surface area contributed by atoms with Gasteiger partial charge < -0.3 is 10.1 Å². The number of nitrogens with one attached hydrogen (secondary N) is 1. The summed E-state index contributed by atoms with van der Waals surface area (Å²) >= 11 is 7.29. The number of halogens is 1. The molecule has 0 radical (unpaired) electrons. The van der Waals surface area contributed by atoms with Crippen LogP contribution >= 0.6 is 22.9 Å². The molecule has 38 heavy (non-hydrogen) atoms. The summed E-state index contributed by atoms with van der Waals surface area (Å²) in [5.74, 6) is -0.0231. The minimum Gasteiger partial charge on any atom is -0.490 e. The lowest BCUT2D eigenvalue weighted by Crippen LogP contribution is -2.32. The minimum atomic E-state index is -0.658. The van der Waals surface area contributed by atoms with Gasteiger partial charge in [0.25, 0.3) is 11.5 Å². The predicted molar refractivity (Wildman–Crippen MR) is 154 cm³/mol. The zero-order valence-electron chi connectivity index (χ0n) is 21.4. The molecule has 3 aromatic carbocycles. The zero-order chi connectivity index (χ0) is 27.4. The predicted octanol–water partition coefficient (Wildman–Crippen LogP) is 5.10. The molecular weight excluding hydrogens is 518 g/mol. The fraction of sp³-hybridized carbons (Fsp3) is 0.167. The highest BCUT2D eigenvalue weighted by Crippen LogP contribution is 2.22. The molecule has 0 aliphatic carbocycles. The number of aromatic nitrogens is 1. The summed E-state index contributed by atoms with van der Waals surface area (Å²) in [5, 5.41) is 13.1. The van der Waals surface area contributed by atoms with Crippen LogP contribution in [0.2, 0.25) is 5.02 Å². The summed E-state index contributed by atoms with van der Waals surface area (Å²) in [6.07, 6.45) is 1.68. The number of hydrogen-bond acceptors (Lipinski definition) is 5. The maximum Gasteiger partial charge on any atom is 0.273 e. The Morgan fingerprint density at radius 3 is 2.47 bits per heavy atom. The Kier molecular flexibility index (Phi) is 8.16. The first kappa shape index (κ1) is 26.9. The van der Waals surface area contributed by atoms with E-state index in [1.54, 1.807) is 36.4 Å². The van der Waals surface area contributed by atoms with E-state index in [9.17, 15) is 14.9 Å². The van der Waals surface area contributed by atoms with E-state index in [0.717, 1.165) is 28.0 Å². The van der Waals surface area contributed by atoms with Crippen molar-refractivity contribution < 1.29 is 9.53 Å². The Balaban J connectivity index is 2.00. The third-order valence-corrected chi connectivity index (χ3v) is 7.24. The van der Waals surface area contributed by atoms with Gasteiger partial charge >= 0.3 is 0 Å². The third-order valence-electron chi connectivity index (χ3n) is 5.82. The van der Waals surface area contributed by atoms with Crippen LogP contribution < -0.4 is 24.8 Å². The second-order valence-electron chi connectivity index (χ2n) is 8.95. The van der Waals surface area contributed by atoms with Crippen molar-refractivity contribution in [2.75, 3.05) is 5.32 Å². The number of anilines is 1. The number of aryl methyl sites for hydroxylation is 2. The quantitative estimate of drug-likeness (QED) is 0.367. The molecule has 0 aliphatic heterocycles. The number of para-hydroxylation sites is 2. The van der Waals surface area contributed by atoms with Crippen LogP contribution in [0.15, 0.2) is 71.5 Å². The van der Waals surface area contributed by atoms with E-state index >= 15 is 0 Å². The fourth-order valence-electron chi connectivity index (χ4n) is 3.79. The maximum atomic E-state index is 13.8. The number of carbonyl (C=O) groups is 1. The van der Waals surface area contributed by atoms with Crippen molar-refractivity contribution in [1.29, 1.82) is 5.26 Å². The molecule has 0 bridgehead atoms. The smallest absolute Gasteiger partial charge is 0.273 e. The van der Waals surface area contributed by atoms with Crippen LogP contribution in [0.3, 0.4) is 0 Å². The van der Waals surface area contributed by atoms with Crippen molar-refractivity contribution in [3.05, 3.63) is 108 Å². The van der Waals surface area contributed by atoms with Crippen LogP contribution in [-0.4, -0.2) is 16.6 Å². The molecule has 4 rings (SSSR count). The van der Waals surface area contributed by atoms with E-state index < -0.39 is 5.91 Å². The van der Waals surface area contributed by atoms with Crippen molar-refractivity contribution >= 4 is 46.2 Å². The lowest BCUT2D eigenvalue weighted by Gasteiger charge is -2.11. The van der Waals surface area contributed by atoms with Crippen LogP contribution in [0.25, 0.3) is 17.3 Å². The molecule has 4 aromatic rings. The van der Waals surface area contributed by atoms with Crippen LogP contribution in [0.4, 0.5) is 5.69 Å². The second kappa shape index (κ2) is 11.5. The number of nitriles is 1. The van der Waals surface area contributed by atoms with Gasteiger partial charge in [0.05, 0.1) is 27.0 Å². The Bertz CT molecular complexity index is 1750. The van der Waals surface area contributed by atoms with Crippen molar-refractivity contribution in [2.45, 2.75) is 33.8 Å². The summed E-state index contributed by atoms with van der Waals surface area (Å²) in [7, 11) is 0. The van der Waals surface area contributed by atoms with E-state index in [2.05, 4.69) is 5.32 Å². The molecule has 0 spiro atoms. The van der Waals surface area contributed by atoms with Gasteiger partial charge in [0.15, 0.2) is 5.57 Å².